The topological polar surface area (TPSA) is 102 Å². The summed E-state index contributed by atoms with van der Waals surface area (Å²) in [6.07, 6.45) is 2.42. The number of aromatic nitrogens is 4. The second-order valence-corrected chi connectivity index (χ2v) is 8.37. The maximum Gasteiger partial charge on any atom is 0.490 e. The molecule has 0 bridgehead atoms. The molecule has 0 saturated heterocycles. The number of carbonyl (C=O) groups is 2. The number of amides is 1. The summed E-state index contributed by atoms with van der Waals surface area (Å²) in [6.45, 7) is 0.670. The highest BCUT2D eigenvalue weighted by Gasteiger charge is 2.38. The van der Waals surface area contributed by atoms with E-state index >= 15 is 0 Å². The average molecular weight is 557 g/mol. The molecule has 0 atom stereocenters. The van der Waals surface area contributed by atoms with Gasteiger partial charge in [0.25, 0.3) is 5.91 Å². The summed E-state index contributed by atoms with van der Waals surface area (Å²) in [4.78, 5) is 30.8. The number of fused-ring (bicyclic) bond motifs is 1. The Kier molecular flexibility index (Phi) is 8.22. The minimum absolute atomic E-state index is 0.0532. The van der Waals surface area contributed by atoms with Crippen LogP contribution in [0.5, 0.6) is 0 Å². The van der Waals surface area contributed by atoms with Crippen molar-refractivity contribution in [1.29, 1.82) is 0 Å². The molecule has 0 spiro atoms. The van der Waals surface area contributed by atoms with Crippen LogP contribution in [0.1, 0.15) is 21.7 Å². The van der Waals surface area contributed by atoms with Crippen molar-refractivity contribution in [2.45, 2.75) is 19.3 Å². The van der Waals surface area contributed by atoms with Gasteiger partial charge in [-0.1, -0.05) is 18.2 Å². The van der Waals surface area contributed by atoms with Crippen LogP contribution in [0.25, 0.3) is 16.9 Å². The fraction of sp³-hybridized carbons (Fsp3) is 0.111. The average Bonchev–Trinajstić information content (AvgIpc) is 3.54. The number of benzene rings is 1. The number of hydrogen-bond donors (Lipinski definition) is 2. The third-order valence-electron chi connectivity index (χ3n) is 5.52. The van der Waals surface area contributed by atoms with Crippen LogP contribution in [-0.4, -0.2) is 42.1 Å². The van der Waals surface area contributed by atoms with Gasteiger partial charge < -0.3 is 15.0 Å². The Morgan fingerprint density at radius 2 is 1.70 bits per heavy atom. The van der Waals surface area contributed by atoms with Crippen LogP contribution in [-0.2, 0) is 17.9 Å². The van der Waals surface area contributed by atoms with Crippen molar-refractivity contribution in [3.05, 3.63) is 114 Å². The van der Waals surface area contributed by atoms with Crippen molar-refractivity contribution in [3.63, 3.8) is 0 Å². The van der Waals surface area contributed by atoms with Gasteiger partial charge in [0.2, 0.25) is 0 Å². The highest BCUT2D eigenvalue weighted by molar-refractivity contribution is 6.00. The molecule has 4 heterocycles. The zero-order valence-electron chi connectivity index (χ0n) is 20.4. The molecular weight excluding hydrogens is 537 g/mol. The molecule has 5 aromatic rings. The number of halogens is 5. The van der Waals surface area contributed by atoms with Crippen molar-refractivity contribution in [1.82, 2.24) is 24.3 Å². The minimum Gasteiger partial charge on any atom is -0.475 e. The van der Waals surface area contributed by atoms with Crippen LogP contribution < -0.4 is 5.32 Å². The van der Waals surface area contributed by atoms with Crippen LogP contribution in [0, 0.1) is 11.6 Å². The van der Waals surface area contributed by atoms with Crippen LogP contribution in [0.15, 0.2) is 85.5 Å². The van der Waals surface area contributed by atoms with E-state index in [0.29, 0.717) is 23.4 Å². The Morgan fingerprint density at radius 1 is 0.950 bits per heavy atom. The van der Waals surface area contributed by atoms with Gasteiger partial charge in [-0.15, -0.1) is 0 Å². The Labute approximate surface area is 223 Å². The number of pyridine rings is 2. The number of carbonyl (C=O) groups excluding carboxylic acids is 1. The van der Waals surface area contributed by atoms with Gasteiger partial charge in [-0.05, 0) is 48.0 Å². The summed E-state index contributed by atoms with van der Waals surface area (Å²) in [6, 6.07) is 16.8. The Balaban J connectivity index is 0.000000470. The van der Waals surface area contributed by atoms with Crippen molar-refractivity contribution < 1.29 is 36.6 Å². The lowest BCUT2D eigenvalue weighted by Gasteiger charge is -2.04. The first-order valence-corrected chi connectivity index (χ1v) is 11.6. The van der Waals surface area contributed by atoms with Crippen molar-refractivity contribution in [3.8, 4) is 11.4 Å². The van der Waals surface area contributed by atoms with Gasteiger partial charge in [-0.2, -0.15) is 13.2 Å². The van der Waals surface area contributed by atoms with Crippen LogP contribution >= 0.6 is 0 Å². The number of nitrogens with one attached hydrogen (secondary N) is 1. The number of carboxylic acid groups (broad SMARTS) is 1. The molecule has 0 fully saturated rings. The lowest BCUT2D eigenvalue weighted by Crippen LogP contribution is -2.23. The number of imidazole rings is 1. The number of aliphatic carboxylic acids is 1. The lowest BCUT2D eigenvalue weighted by atomic mass is 10.2. The zero-order valence-corrected chi connectivity index (χ0v) is 20.4. The second-order valence-electron chi connectivity index (χ2n) is 8.37. The molecule has 0 aliphatic carbocycles. The molecule has 0 radical (unpaired) electrons. The van der Waals surface area contributed by atoms with E-state index < -0.39 is 29.7 Å². The van der Waals surface area contributed by atoms with Crippen LogP contribution in [0.2, 0.25) is 0 Å². The first-order valence-electron chi connectivity index (χ1n) is 11.6. The van der Waals surface area contributed by atoms with Crippen molar-refractivity contribution in [2.24, 2.45) is 0 Å². The zero-order chi connectivity index (χ0) is 28.9. The van der Waals surface area contributed by atoms with Gasteiger partial charge in [0, 0.05) is 36.9 Å². The number of hydrogen-bond acceptors (Lipinski definition) is 4. The molecule has 13 heteroatoms. The molecule has 8 nitrogen and oxygen atoms in total. The molecule has 0 saturated carbocycles. The Bertz CT molecular complexity index is 1650. The second kappa shape index (κ2) is 11.8. The summed E-state index contributed by atoms with van der Waals surface area (Å²) in [5.74, 6) is -4.41. The Hall–Kier alpha value is -5.07. The van der Waals surface area contributed by atoms with Gasteiger partial charge in [-0.25, -0.2) is 18.6 Å². The van der Waals surface area contributed by atoms with E-state index in [1.54, 1.807) is 6.20 Å². The number of nitrogens with zero attached hydrogens (tertiary/aromatic N) is 4. The van der Waals surface area contributed by atoms with Crippen LogP contribution in [0.3, 0.4) is 0 Å². The van der Waals surface area contributed by atoms with E-state index in [1.807, 2.05) is 70.0 Å². The Morgan fingerprint density at radius 3 is 2.38 bits per heavy atom. The van der Waals surface area contributed by atoms with E-state index in [0.717, 1.165) is 23.4 Å². The molecule has 206 valence electrons. The van der Waals surface area contributed by atoms with Crippen molar-refractivity contribution >= 4 is 17.4 Å². The standard InChI is InChI=1S/C25H19F2N5O.C2HF3O2/c26-20-8-7-17(13-21(20)27)14-29-25(33)23-22-6-2-4-11-32(22)24(30-23)18-9-12-31(15-18)16-19-5-1-3-10-28-19;3-2(4,5)1(6)7/h1-13,15H,14,16H2,(H,29,33);(H,6,7). The van der Waals surface area contributed by atoms with Crippen LogP contribution in [0.4, 0.5) is 22.0 Å². The molecule has 1 aromatic carbocycles. The monoisotopic (exact) mass is 557 g/mol. The molecule has 5 rings (SSSR count). The molecule has 0 aliphatic heterocycles. The van der Waals surface area contributed by atoms with E-state index in [2.05, 4.69) is 15.3 Å². The minimum atomic E-state index is -5.08. The third kappa shape index (κ3) is 6.67. The fourth-order valence-electron chi connectivity index (χ4n) is 3.67. The highest BCUT2D eigenvalue weighted by Crippen LogP contribution is 2.24. The normalized spacial score (nSPS) is 11.1. The quantitative estimate of drug-likeness (QED) is 0.284. The molecule has 1 amide bonds. The fourth-order valence-corrected chi connectivity index (χ4v) is 3.67. The maximum absolute atomic E-state index is 13.5. The van der Waals surface area contributed by atoms with Gasteiger partial charge >= 0.3 is 12.1 Å². The summed E-state index contributed by atoms with van der Waals surface area (Å²) >= 11 is 0. The maximum atomic E-state index is 13.5. The molecular formula is C27H20F5N5O3. The number of rotatable bonds is 6. The van der Waals surface area contributed by atoms with Gasteiger partial charge in [-0.3, -0.25) is 14.2 Å². The smallest absolute Gasteiger partial charge is 0.475 e. The summed E-state index contributed by atoms with van der Waals surface area (Å²) < 4.78 is 62.2. The number of alkyl halides is 3. The summed E-state index contributed by atoms with van der Waals surface area (Å²) in [5, 5.41) is 9.86. The largest absolute Gasteiger partial charge is 0.490 e. The molecule has 40 heavy (non-hydrogen) atoms. The predicted octanol–water partition coefficient (Wildman–Crippen LogP) is 5.09. The first-order chi connectivity index (χ1) is 19.0. The van der Waals surface area contributed by atoms with Gasteiger partial charge in [0.1, 0.15) is 5.82 Å². The molecule has 0 aliphatic rings. The predicted molar refractivity (Wildman–Crippen MR) is 133 cm³/mol. The van der Waals surface area contributed by atoms with E-state index in [-0.39, 0.29) is 12.2 Å². The summed E-state index contributed by atoms with van der Waals surface area (Å²) in [7, 11) is 0. The van der Waals surface area contributed by atoms with Crippen molar-refractivity contribution in [2.75, 3.05) is 0 Å². The first kappa shape index (κ1) is 28.0. The lowest BCUT2D eigenvalue weighted by molar-refractivity contribution is -0.192. The highest BCUT2D eigenvalue weighted by atomic mass is 19.4. The van der Waals surface area contributed by atoms with E-state index in [4.69, 9.17) is 9.90 Å². The molecule has 2 N–H and O–H groups in total. The van der Waals surface area contributed by atoms with E-state index in [1.165, 1.54) is 6.07 Å². The third-order valence-corrected chi connectivity index (χ3v) is 5.52. The van der Waals surface area contributed by atoms with Gasteiger partial charge in [0.05, 0.1) is 17.8 Å². The molecule has 0 unspecified atom stereocenters. The number of carboxylic acids is 1. The summed E-state index contributed by atoms with van der Waals surface area (Å²) in [5.41, 5.74) is 3.15. The molecule has 4 aromatic heterocycles. The van der Waals surface area contributed by atoms with Gasteiger partial charge in [0.15, 0.2) is 17.3 Å². The van der Waals surface area contributed by atoms with E-state index in [9.17, 15) is 26.7 Å². The SMILES string of the molecule is O=C(NCc1ccc(F)c(F)c1)c1nc(-c2ccn(Cc3ccccn3)c2)n2ccccc12.O=C(O)C(F)(F)F.